The number of anilines is 1. The molecule has 0 saturated carbocycles. The third-order valence-corrected chi connectivity index (χ3v) is 2.37. The highest BCUT2D eigenvalue weighted by molar-refractivity contribution is 6.30. The quantitative estimate of drug-likeness (QED) is 0.835. The Balaban J connectivity index is 2.20. The fraction of sp³-hybridized carbons (Fsp3) is 0.182. The SMILES string of the molecule is CCn1cc(Oc2ccc(Cl)cc2N)cn1. The van der Waals surface area contributed by atoms with Gasteiger partial charge in [0.15, 0.2) is 11.5 Å². The number of benzene rings is 1. The largest absolute Gasteiger partial charge is 0.452 e. The average molecular weight is 238 g/mol. The second-order valence-corrected chi connectivity index (χ2v) is 3.75. The first kappa shape index (κ1) is 10.8. The number of ether oxygens (including phenoxy) is 1. The lowest BCUT2D eigenvalue weighted by molar-refractivity contribution is 0.483. The minimum atomic E-state index is 0.511. The van der Waals surface area contributed by atoms with Gasteiger partial charge in [0, 0.05) is 11.6 Å². The molecule has 0 unspecified atom stereocenters. The number of rotatable bonds is 3. The molecule has 2 N–H and O–H groups in total. The number of nitrogens with two attached hydrogens (primary N) is 1. The lowest BCUT2D eigenvalue weighted by Crippen LogP contribution is -1.93. The molecule has 1 heterocycles. The molecule has 0 bridgehead atoms. The molecular formula is C11H12ClN3O. The standard InChI is InChI=1S/C11H12ClN3O/c1-2-15-7-9(6-14-15)16-11-4-3-8(12)5-10(11)13/h3-7H,2,13H2,1H3. The van der Waals surface area contributed by atoms with Crippen LogP contribution < -0.4 is 10.5 Å². The molecule has 0 spiro atoms. The third-order valence-electron chi connectivity index (χ3n) is 2.13. The second-order valence-electron chi connectivity index (χ2n) is 3.32. The van der Waals surface area contributed by atoms with Crippen LogP contribution in [0.25, 0.3) is 0 Å². The average Bonchev–Trinajstić information content (AvgIpc) is 2.70. The maximum Gasteiger partial charge on any atom is 0.165 e. The molecule has 0 aliphatic heterocycles. The summed E-state index contributed by atoms with van der Waals surface area (Å²) in [6.07, 6.45) is 3.46. The van der Waals surface area contributed by atoms with Crippen molar-refractivity contribution in [1.82, 2.24) is 9.78 Å². The monoisotopic (exact) mass is 237 g/mol. The number of nitrogen functional groups attached to an aromatic ring is 1. The molecule has 5 heteroatoms. The molecule has 1 aromatic carbocycles. The van der Waals surface area contributed by atoms with E-state index in [1.807, 2.05) is 13.1 Å². The van der Waals surface area contributed by atoms with E-state index in [4.69, 9.17) is 22.1 Å². The van der Waals surface area contributed by atoms with Crippen LogP contribution in [0.1, 0.15) is 6.92 Å². The molecule has 0 radical (unpaired) electrons. The first-order valence-corrected chi connectivity index (χ1v) is 5.32. The number of halogens is 1. The van der Waals surface area contributed by atoms with Crippen LogP contribution in [0, 0.1) is 0 Å². The van der Waals surface area contributed by atoms with Crippen LogP contribution in [-0.2, 0) is 6.54 Å². The molecule has 0 fully saturated rings. The van der Waals surface area contributed by atoms with Gasteiger partial charge in [0.25, 0.3) is 0 Å². The van der Waals surface area contributed by atoms with E-state index in [0.29, 0.717) is 22.2 Å². The van der Waals surface area contributed by atoms with Crippen LogP contribution in [0.2, 0.25) is 5.02 Å². The number of aromatic nitrogens is 2. The summed E-state index contributed by atoms with van der Waals surface area (Å²) >= 11 is 5.79. The molecule has 0 atom stereocenters. The highest BCUT2D eigenvalue weighted by atomic mass is 35.5. The highest BCUT2D eigenvalue weighted by Crippen LogP contribution is 2.29. The number of aryl methyl sites for hydroxylation is 1. The summed E-state index contributed by atoms with van der Waals surface area (Å²) < 4.78 is 7.36. The second kappa shape index (κ2) is 4.45. The zero-order chi connectivity index (χ0) is 11.5. The van der Waals surface area contributed by atoms with Crippen LogP contribution in [0.3, 0.4) is 0 Å². The number of hydrogen-bond donors (Lipinski definition) is 1. The predicted octanol–water partition coefficient (Wildman–Crippen LogP) is 2.93. The van der Waals surface area contributed by atoms with E-state index in [-0.39, 0.29) is 0 Å². The molecule has 0 saturated heterocycles. The van der Waals surface area contributed by atoms with Gasteiger partial charge in [0.05, 0.1) is 18.1 Å². The Labute approximate surface area is 98.6 Å². The van der Waals surface area contributed by atoms with Crippen molar-refractivity contribution in [3.8, 4) is 11.5 Å². The molecular weight excluding hydrogens is 226 g/mol. The first-order chi connectivity index (χ1) is 7.69. The van der Waals surface area contributed by atoms with Crippen molar-refractivity contribution >= 4 is 17.3 Å². The van der Waals surface area contributed by atoms with Crippen LogP contribution in [-0.4, -0.2) is 9.78 Å². The van der Waals surface area contributed by atoms with Gasteiger partial charge in [-0.1, -0.05) is 11.6 Å². The maximum atomic E-state index is 5.79. The fourth-order valence-electron chi connectivity index (χ4n) is 1.31. The topological polar surface area (TPSA) is 53.1 Å². The van der Waals surface area contributed by atoms with E-state index < -0.39 is 0 Å². The van der Waals surface area contributed by atoms with Gasteiger partial charge in [-0.25, -0.2) is 0 Å². The van der Waals surface area contributed by atoms with Gasteiger partial charge in [-0.05, 0) is 25.1 Å². The summed E-state index contributed by atoms with van der Waals surface area (Å²) in [7, 11) is 0. The summed E-state index contributed by atoms with van der Waals surface area (Å²) in [6, 6.07) is 5.12. The van der Waals surface area contributed by atoms with Crippen molar-refractivity contribution in [3.05, 3.63) is 35.6 Å². The van der Waals surface area contributed by atoms with Gasteiger partial charge in [-0.2, -0.15) is 5.10 Å². The summed E-state index contributed by atoms with van der Waals surface area (Å²) in [4.78, 5) is 0. The number of hydrogen-bond acceptors (Lipinski definition) is 3. The van der Waals surface area contributed by atoms with Crippen molar-refractivity contribution in [3.63, 3.8) is 0 Å². The summed E-state index contributed by atoms with van der Waals surface area (Å²) in [5.74, 6) is 1.25. The van der Waals surface area contributed by atoms with Crippen LogP contribution in [0.5, 0.6) is 11.5 Å². The van der Waals surface area contributed by atoms with E-state index in [1.54, 1.807) is 29.1 Å². The zero-order valence-electron chi connectivity index (χ0n) is 8.85. The zero-order valence-corrected chi connectivity index (χ0v) is 9.61. The van der Waals surface area contributed by atoms with Crippen LogP contribution in [0.15, 0.2) is 30.6 Å². The van der Waals surface area contributed by atoms with E-state index >= 15 is 0 Å². The van der Waals surface area contributed by atoms with E-state index in [1.165, 1.54) is 0 Å². The molecule has 84 valence electrons. The molecule has 1 aromatic heterocycles. The smallest absolute Gasteiger partial charge is 0.165 e. The third kappa shape index (κ3) is 2.28. The lowest BCUT2D eigenvalue weighted by Gasteiger charge is -2.05. The highest BCUT2D eigenvalue weighted by Gasteiger charge is 2.04. The molecule has 0 aliphatic rings. The Kier molecular flexibility index (Phi) is 3.01. The Hall–Kier alpha value is -1.68. The Morgan fingerprint density at radius 2 is 2.31 bits per heavy atom. The van der Waals surface area contributed by atoms with Crippen LogP contribution >= 0.6 is 11.6 Å². The molecule has 4 nitrogen and oxygen atoms in total. The van der Waals surface area contributed by atoms with Crippen molar-refractivity contribution in [1.29, 1.82) is 0 Å². The van der Waals surface area contributed by atoms with Gasteiger partial charge in [0.1, 0.15) is 0 Å². The summed E-state index contributed by atoms with van der Waals surface area (Å²) in [6.45, 7) is 2.81. The Morgan fingerprint density at radius 3 is 2.94 bits per heavy atom. The molecule has 2 aromatic rings. The van der Waals surface area contributed by atoms with Gasteiger partial charge in [0.2, 0.25) is 0 Å². The van der Waals surface area contributed by atoms with Crippen molar-refractivity contribution in [2.24, 2.45) is 0 Å². The van der Waals surface area contributed by atoms with E-state index in [0.717, 1.165) is 6.54 Å². The fourth-order valence-corrected chi connectivity index (χ4v) is 1.49. The summed E-state index contributed by atoms with van der Waals surface area (Å²) in [5.41, 5.74) is 6.28. The predicted molar refractivity (Wildman–Crippen MR) is 63.8 cm³/mol. The van der Waals surface area contributed by atoms with Gasteiger partial charge < -0.3 is 10.5 Å². The van der Waals surface area contributed by atoms with E-state index in [2.05, 4.69) is 5.10 Å². The summed E-state index contributed by atoms with van der Waals surface area (Å²) in [5, 5.41) is 4.69. The van der Waals surface area contributed by atoms with Crippen molar-refractivity contribution < 1.29 is 4.74 Å². The van der Waals surface area contributed by atoms with Crippen molar-refractivity contribution in [2.45, 2.75) is 13.5 Å². The Morgan fingerprint density at radius 1 is 1.50 bits per heavy atom. The van der Waals surface area contributed by atoms with Crippen LogP contribution in [0.4, 0.5) is 5.69 Å². The molecule has 0 aliphatic carbocycles. The minimum absolute atomic E-state index is 0.511. The molecule has 2 rings (SSSR count). The van der Waals surface area contributed by atoms with Crippen molar-refractivity contribution in [2.75, 3.05) is 5.73 Å². The van der Waals surface area contributed by atoms with Gasteiger partial charge in [-0.15, -0.1) is 0 Å². The minimum Gasteiger partial charge on any atom is -0.452 e. The molecule has 0 amide bonds. The molecule has 16 heavy (non-hydrogen) atoms. The number of nitrogens with zero attached hydrogens (tertiary/aromatic N) is 2. The first-order valence-electron chi connectivity index (χ1n) is 4.94. The van der Waals surface area contributed by atoms with E-state index in [9.17, 15) is 0 Å². The maximum absolute atomic E-state index is 5.79. The normalized spacial score (nSPS) is 10.4. The van der Waals surface area contributed by atoms with Gasteiger partial charge in [-0.3, -0.25) is 4.68 Å². The lowest BCUT2D eigenvalue weighted by atomic mass is 10.3. The Bertz CT molecular complexity index is 496. The van der Waals surface area contributed by atoms with Gasteiger partial charge >= 0.3 is 0 Å².